The molecule has 0 spiro atoms. The van der Waals surface area contributed by atoms with Crippen molar-refractivity contribution in [3.8, 4) is 0 Å². The van der Waals surface area contributed by atoms with Crippen LogP contribution in [0.2, 0.25) is 0 Å². The minimum Gasteiger partial charge on any atom is -0.481 e. The number of carboxylic acid groups (broad SMARTS) is 1. The van der Waals surface area contributed by atoms with Gasteiger partial charge >= 0.3 is 5.97 Å². The van der Waals surface area contributed by atoms with Gasteiger partial charge in [0, 0.05) is 10.8 Å². The smallest absolute Gasteiger partial charge is 0.307 e. The molecular weight excluding hydrogens is 598 g/mol. The standard InChI is InChI=1S/C36H59N5O6/c1-9-35(45,17-42)19-47-28-25(41-39-30(37)38-40-41)16-36-20-46-18-32(28,6)26(36)11-10-23-24(36)12-13-34(8)27(29(43)44)31(5,22(4)21(2)3)14-15-33(23,34)7/h12,21-23,25-28,42,45H,9-11,13-20H2,1-8H3,(H2,37,39)(H,43,44)/t22-,23+,25-,26+,27-,28+,31-,32+,33-,34+,35?,36+/m1/s1. The Morgan fingerprint density at radius 2 is 1.89 bits per heavy atom. The lowest BCUT2D eigenvalue weighted by molar-refractivity contribution is -0.259. The van der Waals surface area contributed by atoms with E-state index in [0.29, 0.717) is 32.0 Å². The molecule has 1 saturated heterocycles. The molecule has 5 N–H and O–H groups in total. The Morgan fingerprint density at radius 3 is 2.49 bits per heavy atom. The van der Waals surface area contributed by atoms with Gasteiger partial charge in [-0.05, 0) is 90.1 Å². The molecule has 0 aromatic carbocycles. The second-order valence-corrected chi connectivity index (χ2v) is 17.6. The molecule has 4 aliphatic carbocycles. The van der Waals surface area contributed by atoms with Crippen molar-refractivity contribution in [3.05, 3.63) is 11.6 Å². The molecule has 2 bridgehead atoms. The number of carboxylic acids is 1. The zero-order valence-electron chi connectivity index (χ0n) is 29.8. The summed E-state index contributed by atoms with van der Waals surface area (Å²) >= 11 is 0. The molecule has 1 aromatic heterocycles. The third-order valence-corrected chi connectivity index (χ3v) is 15.3. The second-order valence-electron chi connectivity index (χ2n) is 17.6. The molecule has 264 valence electrons. The fourth-order valence-electron chi connectivity index (χ4n) is 12.0. The highest BCUT2D eigenvalue weighted by atomic mass is 16.5. The van der Waals surface area contributed by atoms with Crippen LogP contribution in [0.4, 0.5) is 5.95 Å². The quantitative estimate of drug-likeness (QED) is 0.268. The SMILES string of the molecule is CCC(O)(CO)CO[C@H]1[C@H](n2nnc(N)n2)C[C@@]23COC[C@@]1(C)[C@@H]2CC[C@H]1C3=CC[C@@]2(C)[C@H](C(=O)O)[C@@](C)([C@H](C)C(C)C)CC[C@]12C. The number of aromatic nitrogens is 4. The summed E-state index contributed by atoms with van der Waals surface area (Å²) in [5.74, 6) is 0.147. The van der Waals surface area contributed by atoms with Crippen LogP contribution in [0.3, 0.4) is 0 Å². The number of rotatable bonds is 9. The fraction of sp³-hybridized carbons (Fsp3) is 0.889. The van der Waals surface area contributed by atoms with Gasteiger partial charge < -0.3 is 30.5 Å². The molecule has 4 fully saturated rings. The minimum atomic E-state index is -1.36. The van der Waals surface area contributed by atoms with Crippen LogP contribution in [-0.4, -0.2) is 79.6 Å². The average molecular weight is 658 g/mol. The second kappa shape index (κ2) is 11.5. The number of hydrogen-bond acceptors (Lipinski definition) is 9. The van der Waals surface area contributed by atoms with Gasteiger partial charge in [-0.2, -0.15) is 4.80 Å². The average Bonchev–Trinajstić information content (AvgIpc) is 3.45. The number of hydrogen-bond donors (Lipinski definition) is 4. The monoisotopic (exact) mass is 657 g/mol. The van der Waals surface area contributed by atoms with Gasteiger partial charge in [-0.1, -0.05) is 72.1 Å². The Morgan fingerprint density at radius 1 is 1.17 bits per heavy atom. The van der Waals surface area contributed by atoms with Crippen LogP contribution in [-0.2, 0) is 14.3 Å². The van der Waals surface area contributed by atoms with Crippen LogP contribution < -0.4 is 5.73 Å². The molecule has 5 aliphatic rings. The van der Waals surface area contributed by atoms with Gasteiger partial charge in [0.1, 0.15) is 11.6 Å². The van der Waals surface area contributed by atoms with Gasteiger partial charge in [0.2, 0.25) is 0 Å². The first-order valence-corrected chi connectivity index (χ1v) is 18.0. The molecule has 0 amide bonds. The van der Waals surface area contributed by atoms with Crippen molar-refractivity contribution in [2.45, 2.75) is 118 Å². The summed E-state index contributed by atoms with van der Waals surface area (Å²) in [5, 5.41) is 44.9. The molecule has 1 aromatic rings. The number of fused-ring (bicyclic) bond motifs is 3. The van der Waals surface area contributed by atoms with E-state index in [1.54, 1.807) is 4.80 Å². The lowest BCUT2D eigenvalue weighted by atomic mass is 9.34. The number of nitrogen functional groups attached to an aromatic ring is 1. The van der Waals surface area contributed by atoms with E-state index in [1.165, 1.54) is 5.57 Å². The minimum absolute atomic E-state index is 0.0213. The van der Waals surface area contributed by atoms with E-state index in [0.717, 1.165) is 32.1 Å². The first-order valence-electron chi connectivity index (χ1n) is 18.0. The highest BCUT2D eigenvalue weighted by Crippen LogP contribution is 2.75. The molecule has 3 saturated carbocycles. The first kappa shape index (κ1) is 34.8. The van der Waals surface area contributed by atoms with E-state index in [2.05, 4.69) is 70.0 Å². The van der Waals surface area contributed by atoms with E-state index in [-0.39, 0.29) is 52.6 Å². The molecular formula is C36H59N5O6. The molecule has 11 heteroatoms. The third kappa shape index (κ3) is 4.79. The number of nitrogens with zero attached hydrogens (tertiary/aromatic N) is 4. The molecule has 6 rings (SSSR count). The molecule has 1 aliphatic heterocycles. The van der Waals surface area contributed by atoms with Crippen molar-refractivity contribution < 1.29 is 29.6 Å². The van der Waals surface area contributed by atoms with Crippen LogP contribution in [0.5, 0.6) is 0 Å². The van der Waals surface area contributed by atoms with Crippen molar-refractivity contribution in [1.82, 2.24) is 20.2 Å². The summed E-state index contributed by atoms with van der Waals surface area (Å²) in [5.41, 5.74) is 4.42. The van der Waals surface area contributed by atoms with Gasteiger partial charge in [0.15, 0.2) is 0 Å². The Labute approximate surface area is 280 Å². The van der Waals surface area contributed by atoms with Gasteiger partial charge in [-0.15, -0.1) is 5.10 Å². The fourth-order valence-corrected chi connectivity index (χ4v) is 12.0. The van der Waals surface area contributed by atoms with Crippen LogP contribution in [0, 0.1) is 56.7 Å². The molecule has 2 heterocycles. The lowest BCUT2D eigenvalue weighted by Gasteiger charge is -2.71. The number of aliphatic carboxylic acids is 1. The van der Waals surface area contributed by atoms with E-state index in [1.807, 2.05) is 6.92 Å². The lowest BCUT2D eigenvalue weighted by Crippen LogP contribution is -2.69. The van der Waals surface area contributed by atoms with E-state index >= 15 is 0 Å². The number of allylic oxidation sites excluding steroid dienone is 1. The van der Waals surface area contributed by atoms with Gasteiger partial charge in [0.05, 0.1) is 38.4 Å². The number of aliphatic hydroxyl groups is 2. The van der Waals surface area contributed by atoms with E-state index in [9.17, 15) is 20.1 Å². The summed E-state index contributed by atoms with van der Waals surface area (Å²) in [6.45, 7) is 18.4. The van der Waals surface area contributed by atoms with Crippen molar-refractivity contribution in [2.75, 3.05) is 32.2 Å². The summed E-state index contributed by atoms with van der Waals surface area (Å²) in [6, 6.07) is -0.321. The summed E-state index contributed by atoms with van der Waals surface area (Å²) < 4.78 is 13.2. The Balaban J connectivity index is 1.44. The number of ether oxygens (including phenoxy) is 2. The number of tetrazole rings is 1. The van der Waals surface area contributed by atoms with Crippen LogP contribution in [0.15, 0.2) is 11.6 Å². The molecule has 0 radical (unpaired) electrons. The maximum absolute atomic E-state index is 13.4. The van der Waals surface area contributed by atoms with Crippen LogP contribution >= 0.6 is 0 Å². The van der Waals surface area contributed by atoms with Crippen molar-refractivity contribution in [3.63, 3.8) is 0 Å². The number of nitrogens with two attached hydrogens (primary N) is 1. The van der Waals surface area contributed by atoms with Gasteiger partial charge in [-0.25, -0.2) is 0 Å². The van der Waals surface area contributed by atoms with Crippen molar-refractivity contribution >= 4 is 11.9 Å². The van der Waals surface area contributed by atoms with Crippen molar-refractivity contribution in [2.24, 2.45) is 56.7 Å². The van der Waals surface area contributed by atoms with E-state index < -0.39 is 41.0 Å². The first-order chi connectivity index (χ1) is 22.0. The summed E-state index contributed by atoms with van der Waals surface area (Å²) in [7, 11) is 0. The summed E-state index contributed by atoms with van der Waals surface area (Å²) in [6.07, 6.45) is 7.61. The maximum atomic E-state index is 13.4. The topological polar surface area (TPSA) is 166 Å². The zero-order valence-corrected chi connectivity index (χ0v) is 29.8. The molecule has 1 unspecified atom stereocenters. The Kier molecular flexibility index (Phi) is 8.50. The molecule has 47 heavy (non-hydrogen) atoms. The van der Waals surface area contributed by atoms with E-state index in [4.69, 9.17) is 15.2 Å². The molecule has 11 nitrogen and oxygen atoms in total. The van der Waals surface area contributed by atoms with Crippen LogP contribution in [0.1, 0.15) is 106 Å². The predicted molar refractivity (Wildman–Crippen MR) is 177 cm³/mol. The normalized spacial score (nSPS) is 44.8. The predicted octanol–water partition coefficient (Wildman–Crippen LogP) is 4.90. The third-order valence-electron chi connectivity index (χ3n) is 15.3. The Hall–Kier alpha value is -2.08. The number of anilines is 1. The Bertz CT molecular complexity index is 1400. The zero-order chi connectivity index (χ0) is 34.4. The van der Waals surface area contributed by atoms with Crippen LogP contribution in [0.25, 0.3) is 0 Å². The highest BCUT2D eigenvalue weighted by Gasteiger charge is 2.72. The highest BCUT2D eigenvalue weighted by molar-refractivity contribution is 5.73. The molecule has 12 atom stereocenters. The number of aliphatic hydroxyl groups excluding tert-OH is 1. The van der Waals surface area contributed by atoms with Gasteiger partial charge in [-0.3, -0.25) is 4.79 Å². The maximum Gasteiger partial charge on any atom is 0.307 e. The largest absolute Gasteiger partial charge is 0.481 e. The van der Waals surface area contributed by atoms with Crippen molar-refractivity contribution in [1.29, 1.82) is 0 Å². The van der Waals surface area contributed by atoms with Gasteiger partial charge in [0.25, 0.3) is 5.95 Å². The summed E-state index contributed by atoms with van der Waals surface area (Å²) in [4.78, 5) is 15.0. The number of carbonyl (C=O) groups is 1.